The molecule has 1 aromatic carbocycles. The number of carboxylic acids is 1. The lowest BCUT2D eigenvalue weighted by atomic mass is 9.33. The zero-order valence-electron chi connectivity index (χ0n) is 32.2. The molecule has 274 valence electrons. The Morgan fingerprint density at radius 2 is 1.54 bits per heavy atom. The van der Waals surface area contributed by atoms with Crippen LogP contribution in [0.2, 0.25) is 0 Å². The van der Waals surface area contributed by atoms with Crippen LogP contribution in [0.15, 0.2) is 42.5 Å². The number of likely N-dealkylation sites (N-methyl/N-ethyl adjacent to an activating group) is 1. The number of fused-ring (bicyclic) bond motifs is 7. The summed E-state index contributed by atoms with van der Waals surface area (Å²) in [5.41, 5.74) is 4.79. The summed E-state index contributed by atoms with van der Waals surface area (Å²) >= 11 is 0. The molecule has 0 radical (unpaired) electrons. The maximum absolute atomic E-state index is 13.9. The summed E-state index contributed by atoms with van der Waals surface area (Å²) in [6.45, 7) is 27.7. The molecule has 9 atom stereocenters. The van der Waals surface area contributed by atoms with E-state index in [0.717, 1.165) is 58.4 Å². The van der Waals surface area contributed by atoms with E-state index in [-0.39, 0.29) is 33.1 Å². The number of rotatable bonds is 7. The average Bonchev–Trinajstić information content (AvgIpc) is 3.44. The summed E-state index contributed by atoms with van der Waals surface area (Å²) in [4.78, 5) is 30.3. The second kappa shape index (κ2) is 12.6. The van der Waals surface area contributed by atoms with Crippen molar-refractivity contribution in [3.05, 3.63) is 53.6 Å². The molecule has 0 bridgehead atoms. The number of carbonyl (C=O) groups excluding carboxylic acids is 1. The van der Waals surface area contributed by atoms with Crippen LogP contribution in [-0.4, -0.2) is 71.6 Å². The Hall–Kier alpha value is -2.44. The second-order valence-electron chi connectivity index (χ2n) is 19.0. The summed E-state index contributed by atoms with van der Waals surface area (Å²) in [6, 6.07) is 7.58. The molecule has 1 saturated heterocycles. The zero-order chi connectivity index (χ0) is 35.9. The van der Waals surface area contributed by atoms with Crippen LogP contribution in [0, 0.1) is 51.2 Å². The lowest BCUT2D eigenvalue weighted by Crippen LogP contribution is -2.68. The predicted molar refractivity (Wildman–Crippen MR) is 203 cm³/mol. The molecule has 3 unspecified atom stereocenters. The van der Waals surface area contributed by atoms with E-state index in [9.17, 15) is 14.7 Å². The lowest BCUT2D eigenvalue weighted by Gasteiger charge is -2.72. The minimum Gasteiger partial charge on any atom is -0.478 e. The number of carbonyl (C=O) groups is 2. The molecule has 7 rings (SSSR count). The Bertz CT molecular complexity index is 1540. The highest BCUT2D eigenvalue weighted by atomic mass is 16.4. The normalized spacial score (nSPS) is 41.2. The maximum atomic E-state index is 13.9. The van der Waals surface area contributed by atoms with Gasteiger partial charge in [0.05, 0.1) is 12.1 Å². The number of hydrogen-bond donors (Lipinski definition) is 2. The minimum atomic E-state index is -0.868. The van der Waals surface area contributed by atoms with Crippen molar-refractivity contribution in [2.24, 2.45) is 51.2 Å². The molecule has 50 heavy (non-hydrogen) atoms. The standard InChI is InChI=1S/C44H65N3O3/c1-9-46-24-26-47(27-25-46)28-37(48)45-44-21-16-32(29(2)3)38(44)34-14-15-36-41(6)19-17-33(30-10-12-31(13-11-30)39(49)50)40(4,5)35(41)18-20-43(36,8)42(34,7)22-23-44/h10-13,17,32,34-36,38H,2,9,14-16,18-28H2,1,3-8H3,(H,45,48)(H,49,50)/t32-,34+,35?,36?,38?,41-,42+,43+,44-/m0/s1. The maximum Gasteiger partial charge on any atom is 0.335 e. The van der Waals surface area contributed by atoms with Gasteiger partial charge >= 0.3 is 5.97 Å². The lowest BCUT2D eigenvalue weighted by molar-refractivity contribution is -0.219. The Balaban J connectivity index is 1.15. The molecule has 5 aliphatic carbocycles. The van der Waals surface area contributed by atoms with Crippen LogP contribution in [0.1, 0.15) is 122 Å². The number of hydrogen-bond acceptors (Lipinski definition) is 4. The molecular formula is C44H65N3O3. The number of nitrogens with zero attached hydrogens (tertiary/aromatic N) is 2. The first kappa shape index (κ1) is 35.9. The third kappa shape index (κ3) is 5.39. The Morgan fingerprint density at radius 3 is 2.18 bits per heavy atom. The van der Waals surface area contributed by atoms with Gasteiger partial charge in [0, 0.05) is 31.7 Å². The van der Waals surface area contributed by atoms with Crippen LogP contribution in [0.25, 0.3) is 5.57 Å². The van der Waals surface area contributed by atoms with Gasteiger partial charge in [0.1, 0.15) is 0 Å². The number of benzene rings is 1. The van der Waals surface area contributed by atoms with Crippen LogP contribution >= 0.6 is 0 Å². The molecule has 0 aromatic heterocycles. The summed E-state index contributed by atoms with van der Waals surface area (Å²) in [5.74, 6) is 2.12. The van der Waals surface area contributed by atoms with Gasteiger partial charge in [-0.15, -0.1) is 0 Å². The van der Waals surface area contributed by atoms with Crippen molar-refractivity contribution in [3.63, 3.8) is 0 Å². The van der Waals surface area contributed by atoms with Crippen molar-refractivity contribution in [2.75, 3.05) is 39.3 Å². The van der Waals surface area contributed by atoms with Crippen molar-refractivity contribution < 1.29 is 14.7 Å². The second-order valence-corrected chi connectivity index (χ2v) is 19.0. The van der Waals surface area contributed by atoms with E-state index in [2.05, 4.69) is 76.2 Å². The number of aromatic carboxylic acids is 1. The third-order valence-electron chi connectivity index (χ3n) is 16.8. The van der Waals surface area contributed by atoms with Gasteiger partial charge in [-0.25, -0.2) is 4.79 Å². The van der Waals surface area contributed by atoms with Gasteiger partial charge in [-0.1, -0.05) is 71.9 Å². The van der Waals surface area contributed by atoms with Gasteiger partial charge in [-0.3, -0.25) is 9.69 Å². The molecule has 5 fully saturated rings. The van der Waals surface area contributed by atoms with E-state index in [1.807, 2.05) is 12.1 Å². The van der Waals surface area contributed by atoms with Gasteiger partial charge in [-0.05, 0) is 146 Å². The largest absolute Gasteiger partial charge is 0.478 e. The highest BCUT2D eigenvalue weighted by Gasteiger charge is 2.70. The quantitative estimate of drug-likeness (QED) is 0.282. The highest BCUT2D eigenvalue weighted by Crippen LogP contribution is 2.76. The summed E-state index contributed by atoms with van der Waals surface area (Å²) < 4.78 is 0. The zero-order valence-corrected chi connectivity index (χ0v) is 32.2. The van der Waals surface area contributed by atoms with E-state index < -0.39 is 5.97 Å². The SMILES string of the molecule is C=C(C)[C@@H]1CC[C@]2(NC(=O)CN3CCN(CC)CC3)CC[C@]3(C)[C@H](CCC4[C@@]5(C)CC=C(c6ccc(C(=O)O)cc6)C(C)(C)C5CC[C@]43C)C12. The van der Waals surface area contributed by atoms with Gasteiger partial charge in [0.15, 0.2) is 0 Å². The number of nitrogens with one attached hydrogen (secondary N) is 1. The fourth-order valence-electron chi connectivity index (χ4n) is 14.0. The van der Waals surface area contributed by atoms with Crippen molar-refractivity contribution in [1.29, 1.82) is 0 Å². The molecule has 6 heteroatoms. The molecule has 1 amide bonds. The van der Waals surface area contributed by atoms with Crippen LogP contribution < -0.4 is 5.32 Å². The van der Waals surface area contributed by atoms with Crippen LogP contribution in [0.4, 0.5) is 0 Å². The minimum absolute atomic E-state index is 0.00249. The van der Waals surface area contributed by atoms with Crippen molar-refractivity contribution >= 4 is 17.4 Å². The average molecular weight is 684 g/mol. The number of carboxylic acid groups (broad SMARTS) is 1. The van der Waals surface area contributed by atoms with E-state index in [1.165, 1.54) is 48.8 Å². The molecule has 6 aliphatic rings. The van der Waals surface area contributed by atoms with Gasteiger partial charge < -0.3 is 15.3 Å². The predicted octanol–water partition coefficient (Wildman–Crippen LogP) is 8.54. The third-order valence-corrected chi connectivity index (χ3v) is 16.8. The Morgan fingerprint density at radius 1 is 0.860 bits per heavy atom. The van der Waals surface area contributed by atoms with Gasteiger partial charge in [0.2, 0.25) is 5.91 Å². The molecule has 6 nitrogen and oxygen atoms in total. The van der Waals surface area contributed by atoms with E-state index in [1.54, 1.807) is 12.1 Å². The van der Waals surface area contributed by atoms with E-state index in [0.29, 0.717) is 41.7 Å². The number of amides is 1. The van der Waals surface area contributed by atoms with Crippen LogP contribution in [-0.2, 0) is 4.79 Å². The monoisotopic (exact) mass is 684 g/mol. The van der Waals surface area contributed by atoms with Gasteiger partial charge in [-0.2, -0.15) is 0 Å². The van der Waals surface area contributed by atoms with E-state index >= 15 is 0 Å². The smallest absolute Gasteiger partial charge is 0.335 e. The number of allylic oxidation sites excluding steroid dienone is 3. The highest BCUT2D eigenvalue weighted by molar-refractivity contribution is 5.88. The first-order valence-corrected chi connectivity index (χ1v) is 20.0. The summed E-state index contributed by atoms with van der Waals surface area (Å²) in [7, 11) is 0. The van der Waals surface area contributed by atoms with E-state index in [4.69, 9.17) is 0 Å². The molecule has 1 aliphatic heterocycles. The van der Waals surface area contributed by atoms with Crippen LogP contribution in [0.3, 0.4) is 0 Å². The summed E-state index contributed by atoms with van der Waals surface area (Å²) in [6.07, 6.45) is 13.1. The molecule has 1 heterocycles. The fraction of sp³-hybridized carbons (Fsp3) is 0.727. The number of piperazine rings is 1. The van der Waals surface area contributed by atoms with Crippen molar-refractivity contribution in [2.45, 2.75) is 112 Å². The molecule has 1 aromatic rings. The molecule has 0 spiro atoms. The first-order chi connectivity index (χ1) is 23.6. The van der Waals surface area contributed by atoms with Crippen molar-refractivity contribution in [3.8, 4) is 0 Å². The Kier molecular flexibility index (Phi) is 9.06. The molecule has 4 saturated carbocycles. The fourth-order valence-corrected chi connectivity index (χ4v) is 14.0. The molecule has 2 N–H and O–H groups in total. The van der Waals surface area contributed by atoms with Gasteiger partial charge in [0.25, 0.3) is 0 Å². The summed E-state index contributed by atoms with van der Waals surface area (Å²) in [5, 5.41) is 13.3. The van der Waals surface area contributed by atoms with Crippen molar-refractivity contribution in [1.82, 2.24) is 15.1 Å². The topological polar surface area (TPSA) is 72.9 Å². The Labute approximate surface area is 302 Å². The molecular weight excluding hydrogens is 619 g/mol. The first-order valence-electron chi connectivity index (χ1n) is 20.0. The van der Waals surface area contributed by atoms with Crippen LogP contribution in [0.5, 0.6) is 0 Å².